The molecular weight excluding hydrogens is 632 g/mol. The largest absolute Gasteiger partial charge is 0.598 e. The van der Waals surface area contributed by atoms with Crippen LogP contribution in [0.1, 0.15) is 70.8 Å². The number of ether oxygens (including phenoxy) is 1. The summed E-state index contributed by atoms with van der Waals surface area (Å²) in [5.41, 5.74) is 3.03. The Morgan fingerprint density at radius 1 is 1.20 bits per heavy atom. The summed E-state index contributed by atoms with van der Waals surface area (Å²) in [7, 11) is 0. The van der Waals surface area contributed by atoms with Crippen molar-refractivity contribution in [1.82, 2.24) is 39.2 Å². The third-order valence-corrected chi connectivity index (χ3v) is 11.1. The van der Waals surface area contributed by atoms with Gasteiger partial charge in [-0.3, -0.25) is 10.00 Å². The number of carbonyl (C=O) groups is 1. The molecule has 3 aliphatic rings. The average molecular weight is 669 g/mol. The number of hydrogen-bond acceptors (Lipinski definition) is 10. The third kappa shape index (κ3) is 5.57. The number of anilines is 2. The number of rotatable bonds is 6. The van der Waals surface area contributed by atoms with Gasteiger partial charge in [-0.15, -0.1) is 4.72 Å². The van der Waals surface area contributed by atoms with E-state index in [0.29, 0.717) is 29.0 Å². The molecule has 1 unspecified atom stereocenters. The van der Waals surface area contributed by atoms with Crippen LogP contribution >= 0.6 is 11.6 Å². The highest BCUT2D eigenvalue weighted by Gasteiger charge is 2.51. The minimum Gasteiger partial charge on any atom is -0.598 e. The normalized spacial score (nSPS) is 21.9. The van der Waals surface area contributed by atoms with Gasteiger partial charge in [-0.1, -0.05) is 11.6 Å². The molecule has 16 heteroatoms. The van der Waals surface area contributed by atoms with Gasteiger partial charge in [0.2, 0.25) is 0 Å². The van der Waals surface area contributed by atoms with E-state index in [1.54, 1.807) is 16.9 Å². The lowest BCUT2D eigenvalue weighted by Gasteiger charge is -2.43. The zero-order chi connectivity index (χ0) is 32.2. The van der Waals surface area contributed by atoms with E-state index >= 15 is 0 Å². The Bertz CT molecular complexity index is 1760. The maximum absolute atomic E-state index is 13.2. The number of amides is 1. The highest BCUT2D eigenvalue weighted by Crippen LogP contribution is 2.50. The fourth-order valence-electron chi connectivity index (χ4n) is 6.69. The molecule has 7 rings (SSSR count). The molecule has 14 nitrogen and oxygen atoms in total. The molecule has 2 fully saturated rings. The number of carboxylic acid groups (broad SMARTS) is 1. The predicted octanol–water partition coefficient (Wildman–Crippen LogP) is 4.92. The molecule has 0 aromatic carbocycles. The molecule has 7 heterocycles. The van der Waals surface area contributed by atoms with Crippen molar-refractivity contribution in [3.63, 3.8) is 0 Å². The monoisotopic (exact) mass is 668 g/mol. The summed E-state index contributed by atoms with van der Waals surface area (Å²) in [5.74, 6) is 0.751. The fraction of sp³-hybridized carbons (Fsp3) is 0.533. The number of nitrogens with one attached hydrogen (secondary N) is 2. The summed E-state index contributed by atoms with van der Waals surface area (Å²) >= 11 is 5.41. The van der Waals surface area contributed by atoms with Gasteiger partial charge in [-0.25, -0.2) is 24.4 Å². The lowest BCUT2D eigenvalue weighted by Crippen LogP contribution is -2.50. The van der Waals surface area contributed by atoms with Gasteiger partial charge >= 0.3 is 6.09 Å². The minimum absolute atomic E-state index is 0.0167. The fourth-order valence-corrected chi connectivity index (χ4v) is 7.87. The second kappa shape index (κ2) is 11.9. The van der Waals surface area contributed by atoms with Crippen molar-refractivity contribution in [3.05, 3.63) is 41.4 Å². The van der Waals surface area contributed by atoms with Gasteiger partial charge in [0.1, 0.15) is 27.8 Å². The quantitative estimate of drug-likeness (QED) is 0.238. The van der Waals surface area contributed by atoms with Crippen molar-refractivity contribution in [2.75, 3.05) is 29.9 Å². The molecule has 1 spiro atoms. The van der Waals surface area contributed by atoms with Gasteiger partial charge in [0.15, 0.2) is 17.7 Å². The van der Waals surface area contributed by atoms with Gasteiger partial charge in [0, 0.05) is 61.0 Å². The molecule has 0 radical (unpaired) electrons. The van der Waals surface area contributed by atoms with Crippen LogP contribution in [0.15, 0.2) is 30.7 Å². The lowest BCUT2D eigenvalue weighted by atomic mass is 9.73. The van der Waals surface area contributed by atoms with E-state index in [-0.39, 0.29) is 33.3 Å². The van der Waals surface area contributed by atoms with Gasteiger partial charge in [0.25, 0.3) is 0 Å². The van der Waals surface area contributed by atoms with E-state index in [0.717, 1.165) is 63.3 Å². The molecule has 3 N–H and O–H groups in total. The molecule has 1 amide bonds. The molecule has 0 aliphatic carbocycles. The number of pyridine rings is 1. The van der Waals surface area contributed by atoms with E-state index in [1.807, 2.05) is 37.7 Å². The zero-order valence-electron chi connectivity index (χ0n) is 25.9. The van der Waals surface area contributed by atoms with Crippen molar-refractivity contribution < 1.29 is 19.2 Å². The Kier molecular flexibility index (Phi) is 8.08. The van der Waals surface area contributed by atoms with E-state index in [1.165, 1.54) is 6.20 Å². The first-order valence-corrected chi connectivity index (χ1v) is 17.0. The molecule has 2 saturated heterocycles. The Labute approximate surface area is 274 Å². The SMILES string of the molecule is CC(C)(C)[S@@+]([O-])N[C@@H]1c2ccnn2CC12CCN(c1cnc3c(-c4ccnc(NC(=O)O)c4Cl)nn(C4CCCCO4)c3n1)CC2. The molecule has 4 aromatic rings. The van der Waals surface area contributed by atoms with Gasteiger partial charge in [-0.05, 0) is 65.0 Å². The first-order chi connectivity index (χ1) is 22.0. The van der Waals surface area contributed by atoms with Crippen molar-refractivity contribution in [1.29, 1.82) is 0 Å². The molecule has 3 atom stereocenters. The molecule has 244 valence electrons. The second-order valence-electron chi connectivity index (χ2n) is 13.2. The number of hydrogen-bond donors (Lipinski definition) is 3. The highest BCUT2D eigenvalue weighted by atomic mass is 35.5. The van der Waals surface area contributed by atoms with Crippen molar-refractivity contribution in [2.24, 2.45) is 5.41 Å². The summed E-state index contributed by atoms with van der Waals surface area (Å²) in [6.45, 7) is 8.82. The molecule has 4 aromatic heterocycles. The lowest BCUT2D eigenvalue weighted by molar-refractivity contribution is -0.0368. The molecule has 0 saturated carbocycles. The summed E-state index contributed by atoms with van der Waals surface area (Å²) in [6.07, 6.45) is 7.95. The number of aromatic nitrogens is 7. The predicted molar refractivity (Wildman–Crippen MR) is 174 cm³/mol. The Morgan fingerprint density at radius 2 is 2.00 bits per heavy atom. The van der Waals surface area contributed by atoms with Crippen LogP contribution in [0.4, 0.5) is 16.4 Å². The number of fused-ring (bicyclic) bond motifs is 2. The summed E-state index contributed by atoms with van der Waals surface area (Å²) in [6, 6.07) is 3.65. The first-order valence-electron chi connectivity index (χ1n) is 15.5. The zero-order valence-corrected chi connectivity index (χ0v) is 27.5. The molecule has 3 aliphatic heterocycles. The smallest absolute Gasteiger partial charge is 0.410 e. The number of nitrogens with zero attached hydrogens (tertiary/aromatic N) is 8. The maximum atomic E-state index is 13.2. The van der Waals surface area contributed by atoms with Crippen molar-refractivity contribution in [3.8, 4) is 11.3 Å². The maximum Gasteiger partial charge on any atom is 0.410 e. The summed E-state index contributed by atoms with van der Waals surface area (Å²) < 4.78 is 26.2. The number of halogens is 1. The van der Waals surface area contributed by atoms with Crippen LogP contribution in [0.25, 0.3) is 22.4 Å². The topological polar surface area (TPSA) is 171 Å². The van der Waals surface area contributed by atoms with Gasteiger partial charge < -0.3 is 19.3 Å². The van der Waals surface area contributed by atoms with Crippen LogP contribution < -0.4 is 14.9 Å². The molecule has 46 heavy (non-hydrogen) atoms. The molecular formula is C30H37ClN10O4S. The molecule has 0 bridgehead atoms. The third-order valence-electron chi connectivity index (χ3n) is 9.18. The Balaban J connectivity index is 1.20. The van der Waals surface area contributed by atoms with E-state index in [4.69, 9.17) is 31.4 Å². The van der Waals surface area contributed by atoms with Gasteiger partial charge in [-0.2, -0.15) is 10.2 Å². The summed E-state index contributed by atoms with van der Waals surface area (Å²) in [4.78, 5) is 27.6. The Morgan fingerprint density at radius 3 is 2.72 bits per heavy atom. The average Bonchev–Trinajstić information content (AvgIpc) is 3.71. The van der Waals surface area contributed by atoms with Crippen LogP contribution in [0, 0.1) is 5.41 Å². The van der Waals surface area contributed by atoms with E-state index in [9.17, 15) is 14.5 Å². The second-order valence-corrected chi connectivity index (χ2v) is 15.5. The van der Waals surface area contributed by atoms with E-state index in [2.05, 4.69) is 25.0 Å². The highest BCUT2D eigenvalue weighted by molar-refractivity contribution is 7.90. The summed E-state index contributed by atoms with van der Waals surface area (Å²) in [5, 5.41) is 21.1. The van der Waals surface area contributed by atoms with Crippen LogP contribution in [-0.2, 0) is 22.6 Å². The Hall–Kier alpha value is -3.50. The van der Waals surface area contributed by atoms with E-state index < -0.39 is 17.5 Å². The standard InChI is InChI=1S/C30H37ClN10O4S/c1-29(2,3)46(44)38-25-19-8-12-34-40(19)17-30(25)9-13-39(14-10-30)20-16-33-24-23(18-7-11-32-26(22(18)31)36-28(42)43)37-41(27(24)35-20)21-6-4-5-15-45-21/h7-8,11-12,16,21,25,38H,4-6,9-10,13-15,17H2,1-3H3,(H,32,36)(H,42,43)/t21?,25-,46-/m1/s1. The van der Waals surface area contributed by atoms with Crippen LogP contribution in [0.2, 0.25) is 5.02 Å². The van der Waals surface area contributed by atoms with Crippen LogP contribution in [0.5, 0.6) is 0 Å². The minimum atomic E-state index is -1.27. The van der Waals surface area contributed by atoms with Gasteiger partial charge in [0.05, 0.1) is 16.9 Å². The number of piperidine rings is 1. The van der Waals surface area contributed by atoms with Crippen LogP contribution in [0.3, 0.4) is 0 Å². The van der Waals surface area contributed by atoms with Crippen molar-refractivity contribution >= 4 is 51.9 Å². The van der Waals surface area contributed by atoms with Crippen molar-refractivity contribution in [2.45, 2.75) is 76.4 Å². The van der Waals surface area contributed by atoms with Crippen LogP contribution in [-0.4, -0.2) is 74.7 Å². The first kappa shape index (κ1) is 31.1.